The molecule has 1 saturated carbocycles. The maximum Gasteiger partial charge on any atom is 0.405 e. The molecule has 0 aliphatic heterocycles. The van der Waals surface area contributed by atoms with Crippen LogP contribution in [0.25, 0.3) is 16.7 Å². The SMILES string of the molecule is Cc1cn[nH]c1-n1c(C(NC(=O)O)C2CC2)nc2cccc(Cl)c2c1=O. The third kappa shape index (κ3) is 2.72. The second kappa shape index (κ2) is 6.14. The van der Waals surface area contributed by atoms with Gasteiger partial charge in [-0.15, -0.1) is 0 Å². The minimum atomic E-state index is -1.16. The zero-order valence-corrected chi connectivity index (χ0v) is 14.6. The second-order valence-electron chi connectivity index (χ2n) is 6.41. The van der Waals surface area contributed by atoms with Gasteiger partial charge >= 0.3 is 6.09 Å². The van der Waals surface area contributed by atoms with Crippen LogP contribution in [-0.4, -0.2) is 30.9 Å². The van der Waals surface area contributed by atoms with E-state index in [0.717, 1.165) is 18.4 Å². The molecule has 0 radical (unpaired) electrons. The van der Waals surface area contributed by atoms with Crippen molar-refractivity contribution in [1.29, 1.82) is 0 Å². The van der Waals surface area contributed by atoms with Crippen LogP contribution in [-0.2, 0) is 0 Å². The number of carbonyl (C=O) groups is 1. The summed E-state index contributed by atoms with van der Waals surface area (Å²) in [5.41, 5.74) is 0.816. The molecule has 3 N–H and O–H groups in total. The molecule has 134 valence electrons. The van der Waals surface area contributed by atoms with Crippen molar-refractivity contribution in [2.45, 2.75) is 25.8 Å². The number of aromatic nitrogens is 4. The third-order valence-corrected chi connectivity index (χ3v) is 4.86. The van der Waals surface area contributed by atoms with Gasteiger partial charge in [0.25, 0.3) is 5.56 Å². The smallest absolute Gasteiger partial charge is 0.405 e. The molecule has 2 aromatic heterocycles. The summed E-state index contributed by atoms with van der Waals surface area (Å²) in [6, 6.07) is 4.45. The van der Waals surface area contributed by atoms with Gasteiger partial charge in [0, 0.05) is 5.56 Å². The third-order valence-electron chi connectivity index (χ3n) is 4.55. The van der Waals surface area contributed by atoms with Crippen LogP contribution in [0.3, 0.4) is 0 Å². The van der Waals surface area contributed by atoms with Crippen molar-refractivity contribution in [3.05, 3.63) is 51.2 Å². The van der Waals surface area contributed by atoms with E-state index in [1.807, 2.05) is 6.92 Å². The molecule has 2 heterocycles. The number of aromatic amines is 1. The Balaban J connectivity index is 2.06. The molecular formula is C17H16ClN5O3. The van der Waals surface area contributed by atoms with Gasteiger partial charge in [-0.3, -0.25) is 9.89 Å². The second-order valence-corrected chi connectivity index (χ2v) is 6.82. The number of hydrogen-bond donors (Lipinski definition) is 3. The number of amides is 1. The summed E-state index contributed by atoms with van der Waals surface area (Å²) in [7, 11) is 0. The van der Waals surface area contributed by atoms with Gasteiger partial charge in [-0.1, -0.05) is 17.7 Å². The Hall–Kier alpha value is -2.87. The van der Waals surface area contributed by atoms with Crippen molar-refractivity contribution >= 4 is 28.6 Å². The summed E-state index contributed by atoms with van der Waals surface area (Å²) in [6.45, 7) is 1.81. The van der Waals surface area contributed by atoms with Crippen molar-refractivity contribution in [2.75, 3.05) is 0 Å². The van der Waals surface area contributed by atoms with Crippen LogP contribution in [0.5, 0.6) is 0 Å². The molecule has 0 saturated heterocycles. The lowest BCUT2D eigenvalue weighted by atomic mass is 10.1. The number of H-pyrrole nitrogens is 1. The van der Waals surface area contributed by atoms with Gasteiger partial charge in [-0.25, -0.2) is 14.3 Å². The maximum atomic E-state index is 13.3. The monoisotopic (exact) mass is 373 g/mol. The van der Waals surface area contributed by atoms with Crippen molar-refractivity contribution in [1.82, 2.24) is 25.1 Å². The lowest BCUT2D eigenvalue weighted by molar-refractivity contribution is 0.187. The summed E-state index contributed by atoms with van der Waals surface area (Å²) in [6.07, 6.45) is 2.18. The molecule has 4 rings (SSSR count). The fourth-order valence-corrected chi connectivity index (χ4v) is 3.40. The maximum absolute atomic E-state index is 13.3. The first kappa shape index (κ1) is 16.6. The van der Waals surface area contributed by atoms with E-state index in [1.165, 1.54) is 4.57 Å². The van der Waals surface area contributed by atoms with E-state index in [1.54, 1.807) is 24.4 Å². The predicted molar refractivity (Wildman–Crippen MR) is 95.9 cm³/mol. The Morgan fingerprint density at radius 1 is 1.46 bits per heavy atom. The number of nitrogens with zero attached hydrogens (tertiary/aromatic N) is 3. The van der Waals surface area contributed by atoms with Gasteiger partial charge in [0.2, 0.25) is 0 Å². The number of rotatable bonds is 4. The number of halogens is 1. The van der Waals surface area contributed by atoms with Crippen LogP contribution in [0.4, 0.5) is 4.79 Å². The Morgan fingerprint density at radius 3 is 2.85 bits per heavy atom. The fraction of sp³-hybridized carbons (Fsp3) is 0.294. The molecule has 1 aliphatic rings. The van der Waals surface area contributed by atoms with Crippen LogP contribution in [0.1, 0.15) is 30.3 Å². The quantitative estimate of drug-likeness (QED) is 0.650. The lowest BCUT2D eigenvalue weighted by Crippen LogP contribution is -2.35. The Morgan fingerprint density at radius 2 is 2.23 bits per heavy atom. The molecule has 26 heavy (non-hydrogen) atoms. The molecule has 1 atom stereocenters. The molecule has 1 aliphatic carbocycles. The van der Waals surface area contributed by atoms with E-state index in [0.29, 0.717) is 22.2 Å². The minimum Gasteiger partial charge on any atom is -0.465 e. The number of nitrogens with one attached hydrogen (secondary N) is 2. The summed E-state index contributed by atoms with van der Waals surface area (Å²) in [4.78, 5) is 29.2. The number of hydrogen-bond acceptors (Lipinski definition) is 4. The molecule has 3 aromatic rings. The number of fused-ring (bicyclic) bond motifs is 1. The van der Waals surface area contributed by atoms with Crippen molar-refractivity contribution in [3.8, 4) is 5.82 Å². The fourth-order valence-electron chi connectivity index (χ4n) is 3.15. The molecule has 1 amide bonds. The van der Waals surface area contributed by atoms with Gasteiger partial charge in [0.05, 0.1) is 28.2 Å². The first-order valence-corrected chi connectivity index (χ1v) is 8.56. The van der Waals surface area contributed by atoms with Crippen molar-refractivity contribution in [3.63, 3.8) is 0 Å². The Bertz CT molecular complexity index is 1070. The van der Waals surface area contributed by atoms with Crippen LogP contribution in [0, 0.1) is 12.8 Å². The average Bonchev–Trinajstić information content (AvgIpc) is 3.34. The minimum absolute atomic E-state index is 0.101. The van der Waals surface area contributed by atoms with Gasteiger partial charge < -0.3 is 10.4 Å². The molecule has 1 unspecified atom stereocenters. The van der Waals surface area contributed by atoms with Gasteiger partial charge in [0.1, 0.15) is 11.6 Å². The van der Waals surface area contributed by atoms with Gasteiger partial charge in [0.15, 0.2) is 0 Å². The van der Waals surface area contributed by atoms with E-state index in [-0.39, 0.29) is 16.9 Å². The highest BCUT2D eigenvalue weighted by Crippen LogP contribution is 2.41. The van der Waals surface area contributed by atoms with Gasteiger partial charge in [-0.2, -0.15) is 5.10 Å². The lowest BCUT2D eigenvalue weighted by Gasteiger charge is -2.21. The van der Waals surface area contributed by atoms with Crippen LogP contribution in [0.2, 0.25) is 5.02 Å². The van der Waals surface area contributed by atoms with Crippen molar-refractivity contribution < 1.29 is 9.90 Å². The predicted octanol–water partition coefficient (Wildman–Crippen LogP) is 2.79. The first-order valence-electron chi connectivity index (χ1n) is 8.18. The van der Waals surface area contributed by atoms with Crippen molar-refractivity contribution in [2.24, 2.45) is 5.92 Å². The molecular weight excluding hydrogens is 358 g/mol. The van der Waals surface area contributed by atoms with Crippen LogP contribution in [0.15, 0.2) is 29.2 Å². The zero-order chi connectivity index (χ0) is 18.4. The van der Waals surface area contributed by atoms with E-state index in [2.05, 4.69) is 20.5 Å². The Kier molecular flexibility index (Phi) is 3.91. The van der Waals surface area contributed by atoms with Crippen LogP contribution < -0.4 is 10.9 Å². The Labute approximate surface area is 152 Å². The molecule has 8 nitrogen and oxygen atoms in total. The molecule has 0 bridgehead atoms. The highest BCUT2D eigenvalue weighted by atomic mass is 35.5. The van der Waals surface area contributed by atoms with E-state index >= 15 is 0 Å². The topological polar surface area (TPSA) is 113 Å². The van der Waals surface area contributed by atoms with Crippen LogP contribution >= 0.6 is 11.6 Å². The van der Waals surface area contributed by atoms with E-state index in [9.17, 15) is 14.7 Å². The number of aryl methyl sites for hydroxylation is 1. The first-order chi connectivity index (χ1) is 12.5. The normalized spacial score (nSPS) is 15.2. The summed E-state index contributed by atoms with van der Waals surface area (Å²) < 4.78 is 1.38. The number of benzene rings is 1. The van der Waals surface area contributed by atoms with E-state index in [4.69, 9.17) is 11.6 Å². The number of carboxylic acid groups (broad SMARTS) is 1. The van der Waals surface area contributed by atoms with Gasteiger partial charge in [-0.05, 0) is 37.8 Å². The largest absolute Gasteiger partial charge is 0.465 e. The summed E-state index contributed by atoms with van der Waals surface area (Å²) in [5.74, 6) is 0.892. The zero-order valence-electron chi connectivity index (χ0n) is 13.9. The summed E-state index contributed by atoms with van der Waals surface area (Å²) in [5, 5.41) is 19.1. The van der Waals surface area contributed by atoms with E-state index < -0.39 is 12.1 Å². The highest BCUT2D eigenvalue weighted by molar-refractivity contribution is 6.35. The highest BCUT2D eigenvalue weighted by Gasteiger charge is 2.37. The standard InChI is InChI=1S/C17H16ClN5O3/c1-8-7-19-22-14(8)23-15(13(9-5-6-9)21-17(25)26)20-11-4-2-3-10(18)12(11)16(23)24/h2-4,7,9,13,21H,5-6H2,1H3,(H,19,22)(H,25,26). The molecule has 0 spiro atoms. The summed E-state index contributed by atoms with van der Waals surface area (Å²) >= 11 is 6.24. The molecule has 9 heteroatoms. The average molecular weight is 374 g/mol. The molecule has 1 aromatic carbocycles. The molecule has 1 fully saturated rings.